The van der Waals surface area contributed by atoms with Crippen LogP contribution in [0.2, 0.25) is 0 Å². The molecular formula is C11H14N2. The Morgan fingerprint density at radius 1 is 1.38 bits per heavy atom. The highest BCUT2D eigenvalue weighted by molar-refractivity contribution is 5.70. The Morgan fingerprint density at radius 3 is 2.92 bits per heavy atom. The first-order valence-corrected chi connectivity index (χ1v) is 4.45. The number of benzene rings is 1. The van der Waals surface area contributed by atoms with Crippen molar-refractivity contribution < 1.29 is 0 Å². The second-order valence-electron chi connectivity index (χ2n) is 3.56. The summed E-state index contributed by atoms with van der Waals surface area (Å²) in [4.78, 5) is 2.22. The van der Waals surface area contributed by atoms with Crippen molar-refractivity contribution in [2.75, 3.05) is 12.8 Å². The van der Waals surface area contributed by atoms with Gasteiger partial charge in [-0.2, -0.15) is 0 Å². The van der Waals surface area contributed by atoms with Crippen LogP contribution in [0.4, 0.5) is 5.69 Å². The molecule has 0 saturated carbocycles. The quantitative estimate of drug-likeness (QED) is 0.610. The molecule has 2 heteroatoms. The first-order chi connectivity index (χ1) is 6.18. The third-order valence-corrected chi connectivity index (χ3v) is 2.59. The fourth-order valence-corrected chi connectivity index (χ4v) is 1.65. The summed E-state index contributed by atoms with van der Waals surface area (Å²) in [5.74, 6) is 0. The van der Waals surface area contributed by atoms with Crippen LogP contribution in [0, 0.1) is 0 Å². The first kappa shape index (κ1) is 8.17. The number of fused-ring (bicyclic) bond motifs is 1. The summed E-state index contributed by atoms with van der Waals surface area (Å²) < 4.78 is 0. The van der Waals surface area contributed by atoms with Crippen LogP contribution in [0.25, 0.3) is 6.08 Å². The van der Waals surface area contributed by atoms with Crippen LogP contribution >= 0.6 is 0 Å². The van der Waals surface area contributed by atoms with Gasteiger partial charge in [0.05, 0.1) is 0 Å². The van der Waals surface area contributed by atoms with E-state index >= 15 is 0 Å². The van der Waals surface area contributed by atoms with Crippen LogP contribution < -0.4 is 5.73 Å². The number of allylic oxidation sites excluding steroid dienone is 1. The first-order valence-electron chi connectivity index (χ1n) is 4.45. The summed E-state index contributed by atoms with van der Waals surface area (Å²) in [5.41, 5.74) is 10.5. The minimum Gasteiger partial charge on any atom is -0.398 e. The molecule has 1 heterocycles. The Balaban J connectivity index is 2.57. The van der Waals surface area contributed by atoms with Crippen molar-refractivity contribution >= 4 is 11.8 Å². The zero-order chi connectivity index (χ0) is 9.42. The average molecular weight is 174 g/mol. The second kappa shape index (κ2) is 2.80. The molecule has 0 radical (unpaired) electrons. The highest BCUT2D eigenvalue weighted by atomic mass is 15.1. The molecule has 0 aliphatic carbocycles. The van der Waals surface area contributed by atoms with Gasteiger partial charge in [0.15, 0.2) is 0 Å². The Kier molecular flexibility index (Phi) is 1.76. The van der Waals surface area contributed by atoms with E-state index in [1.807, 2.05) is 12.1 Å². The van der Waals surface area contributed by atoms with E-state index in [-0.39, 0.29) is 0 Å². The normalized spacial score (nSPS) is 15.2. The molecule has 2 nitrogen and oxygen atoms in total. The minimum atomic E-state index is 0.880. The highest BCUT2D eigenvalue weighted by Crippen LogP contribution is 2.27. The zero-order valence-corrected chi connectivity index (χ0v) is 8.04. The third kappa shape index (κ3) is 1.28. The standard InChI is InChI=1S/C11H14N2/c1-8-6-10-9(7-13(8)2)4-3-5-11(10)12/h3-6H,7,12H2,1-2H3. The number of nitrogens with zero attached hydrogens (tertiary/aromatic N) is 1. The molecule has 1 aliphatic heterocycles. The summed E-state index contributed by atoms with van der Waals surface area (Å²) in [6.07, 6.45) is 2.15. The summed E-state index contributed by atoms with van der Waals surface area (Å²) in [5, 5.41) is 0. The van der Waals surface area contributed by atoms with E-state index in [9.17, 15) is 0 Å². The highest BCUT2D eigenvalue weighted by Gasteiger charge is 2.12. The van der Waals surface area contributed by atoms with Gasteiger partial charge >= 0.3 is 0 Å². The summed E-state index contributed by atoms with van der Waals surface area (Å²) in [7, 11) is 2.10. The molecule has 1 aromatic carbocycles. The van der Waals surface area contributed by atoms with Gasteiger partial charge in [0, 0.05) is 30.5 Å². The molecular weight excluding hydrogens is 160 g/mol. The molecule has 68 valence electrons. The van der Waals surface area contributed by atoms with Gasteiger partial charge < -0.3 is 10.6 Å². The van der Waals surface area contributed by atoms with Crippen LogP contribution in [-0.2, 0) is 6.54 Å². The average Bonchev–Trinajstić information content (AvgIpc) is 2.09. The smallest absolute Gasteiger partial charge is 0.0429 e. The molecule has 0 amide bonds. The van der Waals surface area contributed by atoms with Gasteiger partial charge in [0.2, 0.25) is 0 Å². The largest absolute Gasteiger partial charge is 0.398 e. The van der Waals surface area contributed by atoms with E-state index in [1.54, 1.807) is 0 Å². The van der Waals surface area contributed by atoms with Crippen LogP contribution in [0.1, 0.15) is 18.1 Å². The molecule has 1 aromatic rings. The monoisotopic (exact) mass is 174 g/mol. The van der Waals surface area contributed by atoms with Crippen molar-refractivity contribution in [1.29, 1.82) is 0 Å². The summed E-state index contributed by atoms with van der Waals surface area (Å²) in [6, 6.07) is 6.09. The topological polar surface area (TPSA) is 29.3 Å². The van der Waals surface area contributed by atoms with Gasteiger partial charge in [0.1, 0.15) is 0 Å². The maximum absolute atomic E-state index is 5.89. The summed E-state index contributed by atoms with van der Waals surface area (Å²) >= 11 is 0. The van der Waals surface area contributed by atoms with Crippen molar-refractivity contribution in [3.8, 4) is 0 Å². The lowest BCUT2D eigenvalue weighted by atomic mass is 10.0. The lowest BCUT2D eigenvalue weighted by Gasteiger charge is -2.26. The number of rotatable bonds is 0. The molecule has 0 saturated heterocycles. The fourth-order valence-electron chi connectivity index (χ4n) is 1.65. The van der Waals surface area contributed by atoms with Crippen molar-refractivity contribution in [2.45, 2.75) is 13.5 Å². The predicted octanol–water partition coefficient (Wildman–Crippen LogP) is 2.08. The van der Waals surface area contributed by atoms with Crippen molar-refractivity contribution in [2.24, 2.45) is 0 Å². The van der Waals surface area contributed by atoms with Crippen molar-refractivity contribution in [3.05, 3.63) is 35.0 Å². The molecule has 2 N–H and O–H groups in total. The van der Waals surface area contributed by atoms with Crippen molar-refractivity contribution in [1.82, 2.24) is 4.90 Å². The molecule has 0 unspecified atom stereocenters. The predicted molar refractivity (Wildman–Crippen MR) is 56.0 cm³/mol. The molecule has 2 rings (SSSR count). The Labute approximate surface area is 78.7 Å². The number of hydrogen-bond acceptors (Lipinski definition) is 2. The van der Waals surface area contributed by atoms with Gasteiger partial charge in [-0.1, -0.05) is 12.1 Å². The van der Waals surface area contributed by atoms with E-state index < -0.39 is 0 Å². The van der Waals surface area contributed by atoms with E-state index in [0.29, 0.717) is 0 Å². The molecule has 0 bridgehead atoms. The Hall–Kier alpha value is -1.44. The Bertz CT molecular complexity index is 366. The number of nitrogen functional groups attached to an aromatic ring is 1. The third-order valence-electron chi connectivity index (χ3n) is 2.59. The fraction of sp³-hybridized carbons (Fsp3) is 0.273. The van der Waals surface area contributed by atoms with Crippen LogP contribution in [0.15, 0.2) is 23.9 Å². The lowest BCUT2D eigenvalue weighted by molar-refractivity contribution is 0.410. The van der Waals surface area contributed by atoms with Gasteiger partial charge in [-0.3, -0.25) is 0 Å². The number of hydrogen-bond donors (Lipinski definition) is 1. The van der Waals surface area contributed by atoms with Crippen LogP contribution in [0.3, 0.4) is 0 Å². The zero-order valence-electron chi connectivity index (χ0n) is 8.04. The Morgan fingerprint density at radius 2 is 2.15 bits per heavy atom. The van der Waals surface area contributed by atoms with E-state index in [1.165, 1.54) is 16.8 Å². The van der Waals surface area contributed by atoms with Gasteiger partial charge in [-0.15, -0.1) is 0 Å². The van der Waals surface area contributed by atoms with Gasteiger partial charge in [-0.05, 0) is 24.6 Å². The molecule has 0 spiro atoms. The van der Waals surface area contributed by atoms with Crippen LogP contribution in [0.5, 0.6) is 0 Å². The molecule has 0 atom stereocenters. The van der Waals surface area contributed by atoms with E-state index in [0.717, 1.165) is 12.2 Å². The maximum atomic E-state index is 5.89. The molecule has 0 aromatic heterocycles. The molecule has 13 heavy (non-hydrogen) atoms. The lowest BCUT2D eigenvalue weighted by Crippen LogP contribution is -2.19. The maximum Gasteiger partial charge on any atom is 0.0429 e. The van der Waals surface area contributed by atoms with Crippen LogP contribution in [-0.4, -0.2) is 11.9 Å². The molecule has 0 fully saturated rings. The van der Waals surface area contributed by atoms with E-state index in [4.69, 9.17) is 5.73 Å². The van der Waals surface area contributed by atoms with Gasteiger partial charge in [-0.25, -0.2) is 0 Å². The summed E-state index contributed by atoms with van der Waals surface area (Å²) in [6.45, 7) is 3.07. The van der Waals surface area contributed by atoms with Gasteiger partial charge in [0.25, 0.3) is 0 Å². The van der Waals surface area contributed by atoms with E-state index in [2.05, 4.69) is 31.0 Å². The number of anilines is 1. The van der Waals surface area contributed by atoms with Crippen molar-refractivity contribution in [3.63, 3.8) is 0 Å². The minimum absolute atomic E-state index is 0.880. The second-order valence-corrected chi connectivity index (χ2v) is 3.56. The number of nitrogens with two attached hydrogens (primary N) is 1. The molecule has 1 aliphatic rings. The SMILES string of the molecule is CC1=Cc2c(N)cccc2CN1C.